The molecule has 1 aliphatic carbocycles. The van der Waals surface area contributed by atoms with Crippen molar-refractivity contribution in [3.05, 3.63) is 0 Å². The number of rotatable bonds is 3. The molecule has 3 heteroatoms. The molecule has 2 rings (SSSR count). The summed E-state index contributed by atoms with van der Waals surface area (Å²) in [5, 5.41) is 0. The number of carbonyl (C=O) groups is 1. The maximum Gasteiger partial charge on any atom is 0.226 e. The van der Waals surface area contributed by atoms with Crippen molar-refractivity contribution in [3.63, 3.8) is 0 Å². The molecular formula is C16H28ClNO. The monoisotopic (exact) mass is 285 g/mol. The summed E-state index contributed by atoms with van der Waals surface area (Å²) in [6.45, 7) is 5.50. The first-order valence-corrected chi connectivity index (χ1v) is 8.46. The van der Waals surface area contributed by atoms with Crippen molar-refractivity contribution in [1.82, 2.24) is 4.90 Å². The Morgan fingerprint density at radius 1 is 1.21 bits per heavy atom. The molecule has 0 aromatic heterocycles. The summed E-state index contributed by atoms with van der Waals surface area (Å²) >= 11 is 5.91. The van der Waals surface area contributed by atoms with Gasteiger partial charge in [0.15, 0.2) is 0 Å². The van der Waals surface area contributed by atoms with Crippen LogP contribution in [0.1, 0.15) is 65.2 Å². The number of alkyl halides is 1. The van der Waals surface area contributed by atoms with Crippen molar-refractivity contribution in [2.45, 2.75) is 71.3 Å². The van der Waals surface area contributed by atoms with Gasteiger partial charge >= 0.3 is 0 Å². The predicted molar refractivity (Wildman–Crippen MR) is 80.4 cm³/mol. The van der Waals surface area contributed by atoms with E-state index in [1.54, 1.807) is 0 Å². The molecule has 2 nitrogen and oxygen atoms in total. The molecule has 2 atom stereocenters. The summed E-state index contributed by atoms with van der Waals surface area (Å²) in [6, 6.07) is 0.400. The zero-order chi connectivity index (χ0) is 13.9. The third-order valence-corrected chi connectivity index (χ3v) is 5.38. The summed E-state index contributed by atoms with van der Waals surface area (Å²) in [7, 11) is 0. The van der Waals surface area contributed by atoms with Crippen LogP contribution in [-0.4, -0.2) is 29.3 Å². The number of piperidine rings is 1. The Labute approximate surface area is 122 Å². The van der Waals surface area contributed by atoms with Crippen molar-refractivity contribution in [2.24, 2.45) is 11.3 Å². The zero-order valence-electron chi connectivity index (χ0n) is 12.5. The highest BCUT2D eigenvalue weighted by atomic mass is 35.5. The van der Waals surface area contributed by atoms with E-state index in [-0.39, 0.29) is 11.3 Å². The lowest BCUT2D eigenvalue weighted by atomic mass is 9.68. The fraction of sp³-hybridized carbons (Fsp3) is 0.938. The Morgan fingerprint density at radius 2 is 1.95 bits per heavy atom. The highest BCUT2D eigenvalue weighted by Crippen LogP contribution is 2.42. The average molecular weight is 286 g/mol. The SMILES string of the molecule is CC1(C)CCCCC1C(=O)N1CCCCC1CCCl. The standard InChI is InChI=1S/C16H28ClNO/c1-16(2)10-5-3-8-14(16)15(19)18-12-6-4-7-13(18)9-11-17/h13-14H,3-12H2,1-2H3. The van der Waals surface area contributed by atoms with Crippen LogP contribution in [-0.2, 0) is 4.79 Å². The lowest BCUT2D eigenvalue weighted by molar-refractivity contribution is -0.145. The van der Waals surface area contributed by atoms with Crippen LogP contribution in [0.5, 0.6) is 0 Å². The normalized spacial score (nSPS) is 31.2. The Balaban J connectivity index is 2.07. The Bertz CT molecular complexity index is 314. The first-order valence-electron chi connectivity index (χ1n) is 7.93. The van der Waals surface area contributed by atoms with Crippen LogP contribution in [0.4, 0.5) is 0 Å². The number of amides is 1. The van der Waals surface area contributed by atoms with Crippen LogP contribution in [0.3, 0.4) is 0 Å². The fourth-order valence-electron chi connectivity index (χ4n) is 3.87. The second-order valence-electron chi connectivity index (χ2n) is 6.95. The molecule has 1 saturated carbocycles. The van der Waals surface area contributed by atoms with Crippen LogP contribution in [0.2, 0.25) is 0 Å². The van der Waals surface area contributed by atoms with Crippen molar-refractivity contribution in [3.8, 4) is 0 Å². The van der Waals surface area contributed by atoms with Crippen molar-refractivity contribution in [2.75, 3.05) is 12.4 Å². The molecule has 1 aliphatic heterocycles. The van der Waals surface area contributed by atoms with E-state index < -0.39 is 0 Å². The molecule has 0 spiro atoms. The summed E-state index contributed by atoms with van der Waals surface area (Å²) in [5.74, 6) is 1.32. The molecule has 0 N–H and O–H groups in total. The highest BCUT2D eigenvalue weighted by Gasteiger charge is 2.40. The van der Waals surface area contributed by atoms with E-state index in [9.17, 15) is 4.79 Å². The van der Waals surface area contributed by atoms with Gasteiger partial charge in [0, 0.05) is 24.4 Å². The van der Waals surface area contributed by atoms with Crippen LogP contribution >= 0.6 is 11.6 Å². The molecule has 1 saturated heterocycles. The van der Waals surface area contributed by atoms with E-state index in [0.717, 1.165) is 32.2 Å². The van der Waals surface area contributed by atoms with Gasteiger partial charge in [-0.1, -0.05) is 26.7 Å². The highest BCUT2D eigenvalue weighted by molar-refractivity contribution is 6.17. The summed E-state index contributed by atoms with van der Waals surface area (Å²) in [5.41, 5.74) is 0.179. The molecule has 110 valence electrons. The maximum absolute atomic E-state index is 12.9. The molecule has 0 aromatic rings. The minimum atomic E-state index is 0.179. The zero-order valence-corrected chi connectivity index (χ0v) is 13.2. The van der Waals surface area contributed by atoms with Crippen LogP contribution in [0, 0.1) is 11.3 Å². The molecule has 0 bridgehead atoms. The van der Waals surface area contributed by atoms with Crippen LogP contribution in [0.25, 0.3) is 0 Å². The van der Waals surface area contributed by atoms with E-state index in [0.29, 0.717) is 17.8 Å². The number of hydrogen-bond donors (Lipinski definition) is 0. The number of halogens is 1. The molecule has 2 unspecified atom stereocenters. The van der Waals surface area contributed by atoms with Crippen LogP contribution < -0.4 is 0 Å². The first kappa shape index (κ1) is 15.2. The lowest BCUT2D eigenvalue weighted by Gasteiger charge is -2.44. The minimum absolute atomic E-state index is 0.179. The van der Waals surface area contributed by atoms with E-state index in [1.165, 1.54) is 25.7 Å². The quantitative estimate of drug-likeness (QED) is 0.711. The van der Waals surface area contributed by atoms with E-state index >= 15 is 0 Å². The van der Waals surface area contributed by atoms with Gasteiger partial charge in [-0.05, 0) is 43.9 Å². The van der Waals surface area contributed by atoms with Crippen LogP contribution in [0.15, 0.2) is 0 Å². The molecular weight excluding hydrogens is 258 g/mol. The first-order chi connectivity index (χ1) is 9.06. The van der Waals surface area contributed by atoms with Gasteiger partial charge in [0.1, 0.15) is 0 Å². The lowest BCUT2D eigenvalue weighted by Crippen LogP contribution is -2.50. The van der Waals surface area contributed by atoms with Gasteiger partial charge in [-0.25, -0.2) is 0 Å². The summed E-state index contributed by atoms with van der Waals surface area (Å²) in [4.78, 5) is 15.1. The largest absolute Gasteiger partial charge is 0.339 e. The molecule has 0 aromatic carbocycles. The molecule has 0 radical (unpaired) electrons. The van der Waals surface area contributed by atoms with Gasteiger partial charge in [0.2, 0.25) is 5.91 Å². The van der Waals surface area contributed by atoms with Gasteiger partial charge in [-0.3, -0.25) is 4.79 Å². The molecule has 1 heterocycles. The fourth-order valence-corrected chi connectivity index (χ4v) is 4.12. The Hall–Kier alpha value is -0.240. The van der Waals surface area contributed by atoms with Crippen molar-refractivity contribution in [1.29, 1.82) is 0 Å². The van der Waals surface area contributed by atoms with Crippen molar-refractivity contribution < 1.29 is 4.79 Å². The number of likely N-dealkylation sites (tertiary alicyclic amines) is 1. The maximum atomic E-state index is 12.9. The Morgan fingerprint density at radius 3 is 2.63 bits per heavy atom. The molecule has 2 aliphatic rings. The van der Waals surface area contributed by atoms with Gasteiger partial charge < -0.3 is 4.90 Å². The molecule has 2 fully saturated rings. The van der Waals surface area contributed by atoms with E-state index in [4.69, 9.17) is 11.6 Å². The van der Waals surface area contributed by atoms with Gasteiger partial charge in [0.25, 0.3) is 0 Å². The molecule has 19 heavy (non-hydrogen) atoms. The Kier molecular flexibility index (Phi) is 5.16. The van der Waals surface area contributed by atoms with Crippen molar-refractivity contribution >= 4 is 17.5 Å². The third kappa shape index (κ3) is 3.45. The van der Waals surface area contributed by atoms with Gasteiger partial charge in [0.05, 0.1) is 0 Å². The topological polar surface area (TPSA) is 20.3 Å². The van der Waals surface area contributed by atoms with E-state index in [1.807, 2.05) is 0 Å². The predicted octanol–water partition coefficient (Wildman–Crippen LogP) is 4.21. The number of nitrogens with zero attached hydrogens (tertiary/aromatic N) is 1. The van der Waals surface area contributed by atoms with E-state index in [2.05, 4.69) is 18.7 Å². The number of carbonyl (C=O) groups excluding carboxylic acids is 1. The van der Waals surface area contributed by atoms with Gasteiger partial charge in [-0.15, -0.1) is 11.6 Å². The second-order valence-corrected chi connectivity index (χ2v) is 7.32. The second kappa shape index (κ2) is 6.47. The minimum Gasteiger partial charge on any atom is -0.339 e. The number of hydrogen-bond acceptors (Lipinski definition) is 1. The third-order valence-electron chi connectivity index (χ3n) is 5.16. The summed E-state index contributed by atoms with van der Waals surface area (Å²) < 4.78 is 0. The van der Waals surface area contributed by atoms with Gasteiger partial charge in [-0.2, -0.15) is 0 Å². The summed E-state index contributed by atoms with van der Waals surface area (Å²) in [6.07, 6.45) is 9.28. The smallest absolute Gasteiger partial charge is 0.226 e. The molecule has 1 amide bonds. The average Bonchev–Trinajstić information content (AvgIpc) is 2.38.